The average molecular weight is 275 g/mol. The Kier molecular flexibility index (Phi) is 5.70. The van der Waals surface area contributed by atoms with Crippen LogP contribution in [0.2, 0.25) is 0 Å². The number of ether oxygens (including phenoxy) is 1. The van der Waals surface area contributed by atoms with Crippen molar-refractivity contribution in [1.29, 1.82) is 0 Å². The predicted octanol–water partition coefficient (Wildman–Crippen LogP) is 2.64. The van der Waals surface area contributed by atoms with E-state index in [4.69, 9.17) is 9.15 Å². The Morgan fingerprint density at radius 1 is 1.35 bits per heavy atom. The van der Waals surface area contributed by atoms with Gasteiger partial charge >= 0.3 is 0 Å². The maximum absolute atomic E-state index is 5.53. The third-order valence-electron chi connectivity index (χ3n) is 3.07. The number of furan rings is 1. The van der Waals surface area contributed by atoms with Gasteiger partial charge in [0.05, 0.1) is 17.7 Å². The Balaban J connectivity index is 1.60. The highest BCUT2D eigenvalue weighted by Crippen LogP contribution is 2.11. The van der Waals surface area contributed by atoms with E-state index in [2.05, 4.69) is 22.2 Å². The Labute approximate surface area is 119 Å². The van der Waals surface area contributed by atoms with E-state index in [0.717, 1.165) is 30.1 Å². The van der Waals surface area contributed by atoms with Gasteiger partial charge in [-0.05, 0) is 38.9 Å². The number of hydrogen-bond donors (Lipinski definition) is 1. The molecule has 2 aromatic heterocycles. The molecule has 0 saturated carbocycles. The minimum absolute atomic E-state index is 0.203. The highest BCUT2D eigenvalue weighted by molar-refractivity contribution is 5.12. The molecule has 0 fully saturated rings. The first-order chi connectivity index (χ1) is 9.77. The first-order valence-electron chi connectivity index (χ1n) is 6.88. The lowest BCUT2D eigenvalue weighted by Crippen LogP contribution is -2.22. The molecule has 1 atom stereocenters. The second-order valence-electron chi connectivity index (χ2n) is 4.69. The molecule has 20 heavy (non-hydrogen) atoms. The van der Waals surface area contributed by atoms with Crippen molar-refractivity contribution >= 4 is 0 Å². The molecule has 0 radical (unpaired) electrons. The fourth-order valence-electron chi connectivity index (χ4n) is 2.00. The summed E-state index contributed by atoms with van der Waals surface area (Å²) in [7, 11) is 0. The van der Waals surface area contributed by atoms with E-state index in [1.165, 1.54) is 0 Å². The number of nitrogens with one attached hydrogen (secondary N) is 1. The van der Waals surface area contributed by atoms with Crippen LogP contribution in [0.5, 0.6) is 0 Å². The fourth-order valence-corrected chi connectivity index (χ4v) is 2.00. The number of hydrogen-bond acceptors (Lipinski definition) is 5. The zero-order chi connectivity index (χ0) is 14.2. The van der Waals surface area contributed by atoms with Crippen molar-refractivity contribution < 1.29 is 9.15 Å². The summed E-state index contributed by atoms with van der Waals surface area (Å²) in [6.45, 7) is 6.20. The third kappa shape index (κ3) is 4.43. The van der Waals surface area contributed by atoms with E-state index in [-0.39, 0.29) is 6.04 Å². The molecule has 108 valence electrons. The molecule has 2 aromatic rings. The van der Waals surface area contributed by atoms with E-state index in [0.29, 0.717) is 13.2 Å². The molecule has 0 bridgehead atoms. The molecule has 0 aromatic carbocycles. The van der Waals surface area contributed by atoms with E-state index in [9.17, 15) is 0 Å². The Morgan fingerprint density at radius 2 is 2.20 bits per heavy atom. The van der Waals surface area contributed by atoms with Crippen LogP contribution in [-0.4, -0.2) is 23.1 Å². The normalized spacial score (nSPS) is 12.5. The van der Waals surface area contributed by atoms with Crippen molar-refractivity contribution in [2.75, 3.05) is 13.2 Å². The number of aryl methyl sites for hydroxylation is 1. The molecular weight excluding hydrogens is 254 g/mol. The van der Waals surface area contributed by atoms with Crippen LogP contribution in [0.3, 0.4) is 0 Å². The van der Waals surface area contributed by atoms with Gasteiger partial charge in [0.2, 0.25) is 0 Å². The number of rotatable bonds is 8. The number of nitrogens with zero attached hydrogens (tertiary/aromatic N) is 2. The summed E-state index contributed by atoms with van der Waals surface area (Å²) in [4.78, 5) is 8.61. The first kappa shape index (κ1) is 14.7. The van der Waals surface area contributed by atoms with Crippen LogP contribution in [0.4, 0.5) is 0 Å². The first-order valence-corrected chi connectivity index (χ1v) is 6.88. The summed E-state index contributed by atoms with van der Waals surface area (Å²) in [6, 6.07) is 3.98. The molecule has 1 N–H and O–H groups in total. The minimum Gasteiger partial charge on any atom is -0.467 e. The zero-order valence-corrected chi connectivity index (χ0v) is 12.0. The molecule has 0 aliphatic heterocycles. The van der Waals surface area contributed by atoms with E-state index in [1.54, 1.807) is 18.7 Å². The molecule has 0 amide bonds. The van der Waals surface area contributed by atoms with Gasteiger partial charge in [0.1, 0.15) is 12.4 Å². The van der Waals surface area contributed by atoms with Crippen LogP contribution in [0.1, 0.15) is 36.5 Å². The molecule has 0 spiro atoms. The quantitative estimate of drug-likeness (QED) is 0.750. The van der Waals surface area contributed by atoms with Gasteiger partial charge in [0.25, 0.3) is 0 Å². The monoisotopic (exact) mass is 275 g/mol. The van der Waals surface area contributed by atoms with Gasteiger partial charge in [-0.3, -0.25) is 9.97 Å². The molecular formula is C15H21N3O2. The van der Waals surface area contributed by atoms with Crippen molar-refractivity contribution in [2.45, 2.75) is 32.9 Å². The van der Waals surface area contributed by atoms with Gasteiger partial charge in [-0.1, -0.05) is 0 Å². The molecule has 0 aliphatic rings. The number of aromatic nitrogens is 2. The molecule has 1 unspecified atom stereocenters. The maximum Gasteiger partial charge on any atom is 0.129 e. The summed E-state index contributed by atoms with van der Waals surface area (Å²) in [5.41, 5.74) is 1.98. The van der Waals surface area contributed by atoms with Gasteiger partial charge in [-0.15, -0.1) is 0 Å². The third-order valence-corrected chi connectivity index (χ3v) is 3.07. The zero-order valence-electron chi connectivity index (χ0n) is 12.0. The van der Waals surface area contributed by atoms with Crippen molar-refractivity contribution in [3.05, 3.63) is 47.9 Å². The SMILES string of the molecule is Cc1nccnc1C(C)NCCCOCc1ccco1. The van der Waals surface area contributed by atoms with Crippen LogP contribution in [-0.2, 0) is 11.3 Å². The Morgan fingerprint density at radius 3 is 2.95 bits per heavy atom. The highest BCUT2D eigenvalue weighted by Gasteiger charge is 2.09. The van der Waals surface area contributed by atoms with E-state index >= 15 is 0 Å². The van der Waals surface area contributed by atoms with Crippen molar-refractivity contribution in [2.24, 2.45) is 0 Å². The van der Waals surface area contributed by atoms with E-state index < -0.39 is 0 Å². The lowest BCUT2D eigenvalue weighted by Gasteiger charge is -2.14. The lowest BCUT2D eigenvalue weighted by atomic mass is 10.2. The molecule has 5 nitrogen and oxygen atoms in total. The highest BCUT2D eigenvalue weighted by atomic mass is 16.5. The van der Waals surface area contributed by atoms with Crippen LogP contribution < -0.4 is 5.32 Å². The topological polar surface area (TPSA) is 60.2 Å². The fraction of sp³-hybridized carbons (Fsp3) is 0.467. The standard InChI is InChI=1S/C15H21N3O2/c1-12(15-13(2)17-7-8-18-15)16-6-4-9-19-11-14-5-3-10-20-14/h3,5,7-8,10,12,16H,4,6,9,11H2,1-2H3. The van der Waals surface area contributed by atoms with Crippen molar-refractivity contribution in [3.8, 4) is 0 Å². The van der Waals surface area contributed by atoms with Crippen LogP contribution in [0.15, 0.2) is 35.2 Å². The van der Waals surface area contributed by atoms with Gasteiger partial charge in [-0.25, -0.2) is 0 Å². The molecule has 0 aliphatic carbocycles. The molecule has 2 rings (SSSR count). The second-order valence-corrected chi connectivity index (χ2v) is 4.69. The molecule has 0 saturated heterocycles. The Hall–Kier alpha value is -1.72. The van der Waals surface area contributed by atoms with Gasteiger partial charge in [-0.2, -0.15) is 0 Å². The average Bonchev–Trinajstić information content (AvgIpc) is 2.96. The summed E-state index contributed by atoms with van der Waals surface area (Å²) >= 11 is 0. The summed E-state index contributed by atoms with van der Waals surface area (Å²) in [5.74, 6) is 0.863. The van der Waals surface area contributed by atoms with Crippen LogP contribution in [0.25, 0.3) is 0 Å². The smallest absolute Gasteiger partial charge is 0.129 e. The summed E-state index contributed by atoms with van der Waals surface area (Å²) in [5, 5.41) is 3.43. The van der Waals surface area contributed by atoms with Crippen LogP contribution in [0, 0.1) is 6.92 Å². The predicted molar refractivity (Wildman–Crippen MR) is 76.2 cm³/mol. The summed E-state index contributed by atoms with van der Waals surface area (Å²) in [6.07, 6.45) is 6.05. The molecule has 5 heteroatoms. The minimum atomic E-state index is 0.203. The van der Waals surface area contributed by atoms with Gasteiger partial charge in [0.15, 0.2) is 0 Å². The van der Waals surface area contributed by atoms with Gasteiger partial charge in [0, 0.05) is 25.0 Å². The van der Waals surface area contributed by atoms with Crippen molar-refractivity contribution in [1.82, 2.24) is 15.3 Å². The van der Waals surface area contributed by atoms with Crippen molar-refractivity contribution in [3.63, 3.8) is 0 Å². The summed E-state index contributed by atoms with van der Waals surface area (Å²) < 4.78 is 10.7. The largest absolute Gasteiger partial charge is 0.467 e. The maximum atomic E-state index is 5.53. The molecule has 2 heterocycles. The van der Waals surface area contributed by atoms with E-state index in [1.807, 2.05) is 19.1 Å². The second kappa shape index (κ2) is 7.77. The van der Waals surface area contributed by atoms with Crippen LogP contribution >= 0.6 is 0 Å². The lowest BCUT2D eigenvalue weighted by molar-refractivity contribution is 0.103. The Bertz CT molecular complexity index is 500. The van der Waals surface area contributed by atoms with Gasteiger partial charge < -0.3 is 14.5 Å².